The van der Waals surface area contributed by atoms with Crippen LogP contribution < -0.4 is 10.9 Å². The molecule has 1 N–H and O–H groups in total. The van der Waals surface area contributed by atoms with Crippen LogP contribution in [0.5, 0.6) is 0 Å². The molecule has 0 fully saturated rings. The van der Waals surface area contributed by atoms with Gasteiger partial charge in [-0.2, -0.15) is 18.3 Å². The van der Waals surface area contributed by atoms with Gasteiger partial charge >= 0.3 is 6.18 Å². The van der Waals surface area contributed by atoms with E-state index >= 15 is 0 Å². The first-order valence-electron chi connectivity index (χ1n) is 9.92. The highest BCUT2D eigenvalue weighted by molar-refractivity contribution is 5.93. The Hall–Kier alpha value is -3.88. The van der Waals surface area contributed by atoms with Crippen LogP contribution in [0, 0.1) is 0 Å². The zero-order valence-corrected chi connectivity index (χ0v) is 16.8. The molecule has 0 unspecified atom stereocenters. The lowest BCUT2D eigenvalue weighted by Crippen LogP contribution is -2.27. The van der Waals surface area contributed by atoms with Gasteiger partial charge in [-0.15, -0.1) is 0 Å². The Balaban J connectivity index is 1.43. The van der Waals surface area contributed by atoms with Gasteiger partial charge in [-0.3, -0.25) is 18.8 Å². The van der Waals surface area contributed by atoms with Gasteiger partial charge in [0.2, 0.25) is 0 Å². The van der Waals surface area contributed by atoms with E-state index in [0.717, 1.165) is 33.7 Å². The van der Waals surface area contributed by atoms with Gasteiger partial charge in [-0.05, 0) is 36.8 Å². The zero-order chi connectivity index (χ0) is 22.7. The molecule has 2 heterocycles. The lowest BCUT2D eigenvalue weighted by atomic mass is 10.2. The molecule has 4 rings (SSSR count). The number of nitrogens with zero attached hydrogens (tertiary/aromatic N) is 3. The Bertz CT molecular complexity index is 1320. The molecule has 0 saturated carbocycles. The summed E-state index contributed by atoms with van der Waals surface area (Å²) in [6, 6.07) is 14.7. The summed E-state index contributed by atoms with van der Waals surface area (Å²) in [6.07, 6.45) is -0.877. The van der Waals surface area contributed by atoms with Crippen LogP contribution in [0.4, 0.5) is 13.2 Å². The number of benzene rings is 2. The average molecular weight is 440 g/mol. The van der Waals surface area contributed by atoms with E-state index in [1.54, 1.807) is 6.20 Å². The molecule has 4 aromatic rings. The minimum absolute atomic E-state index is 0.0324. The fraction of sp³-hybridized carbons (Fsp3) is 0.174. The second-order valence-electron chi connectivity index (χ2n) is 7.21. The topological polar surface area (TPSA) is 68.9 Å². The molecule has 2 aromatic carbocycles. The highest BCUT2D eigenvalue weighted by atomic mass is 19.4. The van der Waals surface area contributed by atoms with Crippen molar-refractivity contribution in [2.24, 2.45) is 0 Å². The summed E-state index contributed by atoms with van der Waals surface area (Å²) in [7, 11) is 0. The normalized spacial score (nSPS) is 11.6. The van der Waals surface area contributed by atoms with Crippen LogP contribution in [-0.2, 0) is 12.7 Å². The van der Waals surface area contributed by atoms with Crippen molar-refractivity contribution >= 4 is 16.8 Å². The van der Waals surface area contributed by atoms with E-state index in [2.05, 4.69) is 10.4 Å². The van der Waals surface area contributed by atoms with E-state index in [-0.39, 0.29) is 11.3 Å². The number of hydrogen-bond acceptors (Lipinski definition) is 3. The van der Waals surface area contributed by atoms with Crippen LogP contribution in [0.2, 0.25) is 0 Å². The number of nitrogens with one attached hydrogen (secondary N) is 1. The van der Waals surface area contributed by atoms with Gasteiger partial charge in [0, 0.05) is 36.4 Å². The Morgan fingerprint density at radius 3 is 2.66 bits per heavy atom. The van der Waals surface area contributed by atoms with E-state index in [1.165, 1.54) is 24.4 Å². The minimum Gasteiger partial charge on any atom is -0.352 e. The maximum Gasteiger partial charge on any atom is 0.416 e. The van der Waals surface area contributed by atoms with Crippen molar-refractivity contribution in [3.8, 4) is 5.69 Å². The minimum atomic E-state index is -4.53. The number of fused-ring (bicyclic) bond motifs is 1. The molecule has 6 nitrogen and oxygen atoms in total. The number of aromatic nitrogens is 3. The van der Waals surface area contributed by atoms with E-state index in [9.17, 15) is 22.8 Å². The number of carbonyl (C=O) groups is 1. The van der Waals surface area contributed by atoms with Gasteiger partial charge in [0.1, 0.15) is 0 Å². The van der Waals surface area contributed by atoms with Crippen molar-refractivity contribution in [3.05, 3.63) is 94.5 Å². The maximum atomic E-state index is 13.0. The molecular formula is C23H19F3N4O2. The number of hydrogen-bond donors (Lipinski definition) is 1. The number of para-hydroxylation sites is 1. The Morgan fingerprint density at radius 1 is 1.03 bits per heavy atom. The van der Waals surface area contributed by atoms with Gasteiger partial charge in [0.05, 0.1) is 22.8 Å². The molecule has 0 aliphatic rings. The van der Waals surface area contributed by atoms with E-state index in [4.69, 9.17) is 0 Å². The van der Waals surface area contributed by atoms with Crippen molar-refractivity contribution in [2.45, 2.75) is 19.1 Å². The fourth-order valence-electron chi connectivity index (χ4n) is 3.39. The molecule has 0 aliphatic heterocycles. The fourth-order valence-corrected chi connectivity index (χ4v) is 3.39. The molecule has 1 amide bonds. The number of aryl methyl sites for hydroxylation is 1. The average Bonchev–Trinajstić information content (AvgIpc) is 3.19. The van der Waals surface area contributed by atoms with Gasteiger partial charge in [-0.25, -0.2) is 0 Å². The quantitative estimate of drug-likeness (QED) is 0.461. The van der Waals surface area contributed by atoms with Crippen LogP contribution in [0.3, 0.4) is 0 Å². The predicted molar refractivity (Wildman–Crippen MR) is 114 cm³/mol. The maximum absolute atomic E-state index is 13.0. The first kappa shape index (κ1) is 21.4. The summed E-state index contributed by atoms with van der Waals surface area (Å²) in [5, 5.41) is 8.14. The second kappa shape index (κ2) is 8.70. The lowest BCUT2D eigenvalue weighted by Gasteiger charge is -2.12. The van der Waals surface area contributed by atoms with Crippen molar-refractivity contribution in [1.82, 2.24) is 19.7 Å². The SMILES string of the molecule is O=C(NCCCn1ncc2ccccc21)c1ccc(=O)n(-c2cccc(C(F)(F)F)c2)c1. The summed E-state index contributed by atoms with van der Waals surface area (Å²) in [6.45, 7) is 0.979. The van der Waals surface area contributed by atoms with Crippen molar-refractivity contribution in [1.29, 1.82) is 0 Å². The first-order chi connectivity index (χ1) is 15.3. The molecule has 0 aliphatic carbocycles. The highest BCUT2D eigenvalue weighted by Crippen LogP contribution is 2.30. The smallest absolute Gasteiger partial charge is 0.352 e. The zero-order valence-electron chi connectivity index (χ0n) is 16.8. The first-order valence-corrected chi connectivity index (χ1v) is 9.92. The molecule has 0 saturated heterocycles. The summed E-state index contributed by atoms with van der Waals surface area (Å²) in [5.74, 6) is -0.420. The van der Waals surface area contributed by atoms with Crippen LogP contribution in [0.25, 0.3) is 16.6 Å². The molecule has 0 atom stereocenters. The number of halogens is 3. The van der Waals surface area contributed by atoms with Gasteiger partial charge < -0.3 is 5.32 Å². The Kier molecular flexibility index (Phi) is 5.81. The Labute approximate surface area is 180 Å². The van der Waals surface area contributed by atoms with Crippen LogP contribution in [0.15, 0.2) is 77.9 Å². The second-order valence-corrected chi connectivity index (χ2v) is 7.21. The van der Waals surface area contributed by atoms with Crippen molar-refractivity contribution in [3.63, 3.8) is 0 Å². The molecule has 2 aromatic heterocycles. The predicted octanol–water partition coefficient (Wildman–Crippen LogP) is 4.03. The van der Waals surface area contributed by atoms with Crippen LogP contribution in [-0.4, -0.2) is 26.8 Å². The lowest BCUT2D eigenvalue weighted by molar-refractivity contribution is -0.137. The monoisotopic (exact) mass is 440 g/mol. The van der Waals surface area contributed by atoms with Crippen molar-refractivity contribution in [2.75, 3.05) is 6.54 Å². The van der Waals surface area contributed by atoms with Crippen LogP contribution in [0.1, 0.15) is 22.3 Å². The van der Waals surface area contributed by atoms with Gasteiger partial charge in [-0.1, -0.05) is 24.3 Å². The molecular weight excluding hydrogens is 421 g/mol. The van der Waals surface area contributed by atoms with Gasteiger partial charge in [0.25, 0.3) is 11.5 Å². The molecule has 0 radical (unpaired) electrons. The summed E-state index contributed by atoms with van der Waals surface area (Å²) < 4.78 is 41.9. The van der Waals surface area contributed by atoms with Crippen LogP contribution >= 0.6 is 0 Å². The third-order valence-corrected chi connectivity index (χ3v) is 5.01. The Morgan fingerprint density at radius 2 is 1.84 bits per heavy atom. The number of carbonyl (C=O) groups excluding carboxylic acids is 1. The van der Waals surface area contributed by atoms with E-state index < -0.39 is 23.2 Å². The molecule has 9 heteroatoms. The summed E-state index contributed by atoms with van der Waals surface area (Å²) in [4.78, 5) is 24.7. The molecule has 0 spiro atoms. The summed E-state index contributed by atoms with van der Waals surface area (Å²) >= 11 is 0. The third kappa shape index (κ3) is 4.56. The van der Waals surface area contributed by atoms with Gasteiger partial charge in [0.15, 0.2) is 0 Å². The standard InChI is InChI=1S/C23H19F3N4O2/c24-23(25,26)18-6-3-7-19(13-18)29-15-17(9-10-21(29)31)22(32)27-11-4-12-30-20-8-2-1-5-16(20)14-28-30/h1-3,5-10,13-15H,4,11-12H2,(H,27,32). The highest BCUT2D eigenvalue weighted by Gasteiger charge is 2.30. The molecule has 0 bridgehead atoms. The van der Waals surface area contributed by atoms with Crippen molar-refractivity contribution < 1.29 is 18.0 Å². The number of rotatable bonds is 6. The molecule has 32 heavy (non-hydrogen) atoms. The summed E-state index contributed by atoms with van der Waals surface area (Å²) in [5.41, 5.74) is -0.196. The van der Waals surface area contributed by atoms with E-state index in [0.29, 0.717) is 19.5 Å². The largest absolute Gasteiger partial charge is 0.416 e. The third-order valence-electron chi connectivity index (χ3n) is 5.01. The number of alkyl halides is 3. The molecule has 164 valence electrons. The number of amides is 1. The number of pyridine rings is 1. The van der Waals surface area contributed by atoms with E-state index in [1.807, 2.05) is 28.9 Å².